The van der Waals surface area contributed by atoms with Crippen LogP contribution in [-0.4, -0.2) is 44.8 Å². The fraction of sp³-hybridized carbons (Fsp3) is 0.259. The summed E-state index contributed by atoms with van der Waals surface area (Å²) in [7, 11) is -3.15. The molecule has 0 aliphatic rings. The number of hydrogen-bond acceptors (Lipinski definition) is 4. The summed E-state index contributed by atoms with van der Waals surface area (Å²) in [6, 6.07) is 12.9. The zero-order chi connectivity index (χ0) is 29.8. The van der Waals surface area contributed by atoms with Crippen LogP contribution in [-0.2, 0) is 32.3 Å². The third kappa shape index (κ3) is 7.26. The van der Waals surface area contributed by atoms with E-state index in [4.69, 9.17) is 23.2 Å². The van der Waals surface area contributed by atoms with Gasteiger partial charge >= 0.3 is 6.18 Å². The number of sulfonamides is 1. The Morgan fingerprint density at radius 2 is 1.62 bits per heavy atom. The number of nitrogens with zero attached hydrogens (tertiary/aromatic N) is 2. The first-order valence-corrected chi connectivity index (χ1v) is 14.1. The number of nitrogens with one attached hydrogen (secondary N) is 1. The number of halogens is 5. The minimum atomic E-state index is -4.76. The number of benzene rings is 3. The molecular weight excluding hydrogens is 590 g/mol. The zero-order valence-electron chi connectivity index (χ0n) is 21.7. The molecule has 40 heavy (non-hydrogen) atoms. The lowest BCUT2D eigenvalue weighted by Crippen LogP contribution is -2.50. The van der Waals surface area contributed by atoms with E-state index in [-0.39, 0.29) is 27.2 Å². The maximum Gasteiger partial charge on any atom is 0.416 e. The van der Waals surface area contributed by atoms with E-state index in [0.29, 0.717) is 15.9 Å². The predicted octanol–water partition coefficient (Wildman–Crippen LogP) is 5.68. The van der Waals surface area contributed by atoms with Crippen LogP contribution in [0.15, 0.2) is 71.6 Å². The molecule has 7 nitrogen and oxygen atoms in total. The molecular formula is C27H26Cl2F3N3O4S. The van der Waals surface area contributed by atoms with Crippen LogP contribution in [0.5, 0.6) is 0 Å². The van der Waals surface area contributed by atoms with E-state index >= 15 is 0 Å². The smallest absolute Gasteiger partial charge is 0.357 e. The van der Waals surface area contributed by atoms with Gasteiger partial charge in [0.15, 0.2) is 0 Å². The van der Waals surface area contributed by atoms with Gasteiger partial charge in [-0.25, -0.2) is 8.42 Å². The first-order valence-electron chi connectivity index (χ1n) is 11.9. The highest BCUT2D eigenvalue weighted by Crippen LogP contribution is 2.33. The molecule has 0 saturated heterocycles. The molecule has 0 aromatic heterocycles. The van der Waals surface area contributed by atoms with E-state index < -0.39 is 46.2 Å². The molecule has 13 heteroatoms. The first kappa shape index (κ1) is 31.3. The number of likely N-dealkylation sites (N-methyl/N-ethyl adjacent to an activating group) is 1. The third-order valence-corrected chi connectivity index (χ3v) is 8.63. The van der Waals surface area contributed by atoms with Gasteiger partial charge < -0.3 is 10.2 Å². The fourth-order valence-electron chi connectivity index (χ4n) is 3.83. The predicted molar refractivity (Wildman–Crippen MR) is 148 cm³/mol. The zero-order valence-corrected chi connectivity index (χ0v) is 24.0. The number of amides is 2. The van der Waals surface area contributed by atoms with Gasteiger partial charge in [-0.1, -0.05) is 53.0 Å². The Bertz CT molecular complexity index is 1500. The topological polar surface area (TPSA) is 86.8 Å². The molecule has 0 bridgehead atoms. The summed E-state index contributed by atoms with van der Waals surface area (Å²) in [4.78, 5) is 27.1. The van der Waals surface area contributed by atoms with Crippen LogP contribution in [0.2, 0.25) is 10.0 Å². The normalized spacial score (nSPS) is 12.5. The van der Waals surface area contributed by atoms with Gasteiger partial charge in [-0.15, -0.1) is 0 Å². The molecule has 1 atom stereocenters. The van der Waals surface area contributed by atoms with Crippen molar-refractivity contribution in [3.63, 3.8) is 0 Å². The highest BCUT2D eigenvalue weighted by molar-refractivity contribution is 7.92. The molecule has 0 radical (unpaired) electrons. The second kappa shape index (κ2) is 12.5. The molecule has 1 N–H and O–H groups in total. The molecule has 3 rings (SSSR count). The maximum absolute atomic E-state index is 13.7. The highest BCUT2D eigenvalue weighted by atomic mass is 35.5. The molecule has 0 aliphatic carbocycles. The van der Waals surface area contributed by atoms with E-state index in [1.165, 1.54) is 56.4 Å². The van der Waals surface area contributed by atoms with Crippen molar-refractivity contribution in [3.05, 3.63) is 93.5 Å². The van der Waals surface area contributed by atoms with Crippen LogP contribution in [0.3, 0.4) is 0 Å². The van der Waals surface area contributed by atoms with Gasteiger partial charge in [0.05, 0.1) is 26.2 Å². The molecule has 3 aromatic carbocycles. The van der Waals surface area contributed by atoms with Gasteiger partial charge in [0, 0.05) is 13.6 Å². The summed E-state index contributed by atoms with van der Waals surface area (Å²) in [5.74, 6) is -1.38. The number of carbonyl (C=O) groups excluding carboxylic acids is 2. The summed E-state index contributed by atoms with van der Waals surface area (Å²) in [6.45, 7) is 2.13. The maximum atomic E-state index is 13.7. The molecule has 214 valence electrons. The lowest BCUT2D eigenvalue weighted by atomic mass is 10.1. The summed E-state index contributed by atoms with van der Waals surface area (Å²) in [6.07, 6.45) is -4.76. The fourth-order valence-corrected chi connectivity index (χ4v) is 5.56. The minimum absolute atomic E-state index is 0.161. The number of hydrogen-bond donors (Lipinski definition) is 1. The number of alkyl halides is 3. The van der Waals surface area contributed by atoms with E-state index in [2.05, 4.69) is 5.32 Å². The van der Waals surface area contributed by atoms with Crippen LogP contribution in [0.1, 0.15) is 23.6 Å². The average Bonchev–Trinajstić information content (AvgIpc) is 2.91. The molecule has 0 aliphatic heterocycles. The Hall–Kier alpha value is -3.28. The summed E-state index contributed by atoms with van der Waals surface area (Å²) in [5.41, 5.74) is -0.211. The van der Waals surface area contributed by atoms with Crippen LogP contribution in [0.25, 0.3) is 0 Å². The number of rotatable bonds is 9. The average molecular weight is 616 g/mol. The van der Waals surface area contributed by atoms with Crippen molar-refractivity contribution in [2.45, 2.75) is 37.5 Å². The largest absolute Gasteiger partial charge is 0.416 e. The second-order valence-electron chi connectivity index (χ2n) is 8.93. The van der Waals surface area contributed by atoms with Crippen LogP contribution >= 0.6 is 23.2 Å². The van der Waals surface area contributed by atoms with E-state index in [1.807, 2.05) is 0 Å². The van der Waals surface area contributed by atoms with Gasteiger partial charge in [-0.3, -0.25) is 13.9 Å². The Labute approximate surface area is 240 Å². The first-order chi connectivity index (χ1) is 18.6. The standard InChI is InChI=1S/C27H26Cl2F3N3O4S/c1-17-7-10-22(11-8-17)40(38,39)35(21-6-4-5-20(14-21)27(30,31)32)16-25(36)34(18(2)26(37)33-3)15-19-9-12-23(28)24(29)13-19/h4-14,18H,15-16H2,1-3H3,(H,33,37). The van der Waals surface area contributed by atoms with Crippen molar-refractivity contribution >= 4 is 50.7 Å². The van der Waals surface area contributed by atoms with Crippen molar-refractivity contribution in [3.8, 4) is 0 Å². The second-order valence-corrected chi connectivity index (χ2v) is 11.6. The summed E-state index contributed by atoms with van der Waals surface area (Å²) < 4.78 is 68.6. The SMILES string of the molecule is CNC(=O)C(C)N(Cc1ccc(Cl)c(Cl)c1)C(=O)CN(c1cccc(C(F)(F)F)c1)S(=O)(=O)c1ccc(C)cc1. The Morgan fingerprint density at radius 3 is 2.20 bits per heavy atom. The van der Waals surface area contributed by atoms with Crippen LogP contribution < -0.4 is 9.62 Å². The molecule has 0 spiro atoms. The van der Waals surface area contributed by atoms with Crippen molar-refractivity contribution in [2.24, 2.45) is 0 Å². The summed E-state index contributed by atoms with van der Waals surface area (Å²) >= 11 is 12.1. The molecule has 0 fully saturated rings. The van der Waals surface area contributed by atoms with Gasteiger partial charge in [0.2, 0.25) is 11.8 Å². The number of anilines is 1. The van der Waals surface area contributed by atoms with E-state index in [0.717, 1.165) is 22.6 Å². The van der Waals surface area contributed by atoms with Crippen molar-refractivity contribution in [1.82, 2.24) is 10.2 Å². The van der Waals surface area contributed by atoms with Gasteiger partial charge in [0.25, 0.3) is 10.0 Å². The van der Waals surface area contributed by atoms with Crippen molar-refractivity contribution in [2.75, 3.05) is 17.9 Å². The van der Waals surface area contributed by atoms with Gasteiger partial charge in [0.1, 0.15) is 12.6 Å². The van der Waals surface area contributed by atoms with Crippen LogP contribution in [0.4, 0.5) is 18.9 Å². The van der Waals surface area contributed by atoms with E-state index in [1.54, 1.807) is 13.0 Å². The lowest BCUT2D eigenvalue weighted by molar-refractivity contribution is -0.139. The van der Waals surface area contributed by atoms with Gasteiger partial charge in [-0.2, -0.15) is 13.2 Å². The van der Waals surface area contributed by atoms with Crippen molar-refractivity contribution < 1.29 is 31.2 Å². The Balaban J connectivity index is 2.10. The van der Waals surface area contributed by atoms with E-state index in [9.17, 15) is 31.2 Å². The monoisotopic (exact) mass is 615 g/mol. The van der Waals surface area contributed by atoms with Crippen LogP contribution in [0, 0.1) is 6.92 Å². The molecule has 0 saturated carbocycles. The Morgan fingerprint density at radius 1 is 0.975 bits per heavy atom. The Kier molecular flexibility index (Phi) is 9.76. The molecule has 3 aromatic rings. The summed E-state index contributed by atoms with van der Waals surface area (Å²) in [5, 5.41) is 2.91. The van der Waals surface area contributed by atoms with Crippen molar-refractivity contribution in [1.29, 1.82) is 0 Å². The molecule has 1 unspecified atom stereocenters. The number of carbonyl (C=O) groups is 2. The van der Waals surface area contributed by atoms with Gasteiger partial charge in [-0.05, 0) is 61.9 Å². The lowest BCUT2D eigenvalue weighted by Gasteiger charge is -2.32. The third-order valence-electron chi connectivity index (χ3n) is 6.10. The highest BCUT2D eigenvalue weighted by Gasteiger charge is 2.35. The quantitative estimate of drug-likeness (QED) is 0.335. The number of aryl methyl sites for hydroxylation is 1. The molecule has 2 amide bonds. The minimum Gasteiger partial charge on any atom is -0.357 e. The molecule has 0 heterocycles.